The zero-order valence-electron chi connectivity index (χ0n) is 7.54. The topological polar surface area (TPSA) is 21.7 Å². The first-order valence-electron chi connectivity index (χ1n) is 4.05. The molecule has 0 bridgehead atoms. The lowest BCUT2D eigenvalue weighted by Crippen LogP contribution is -2.47. The van der Waals surface area contributed by atoms with E-state index < -0.39 is 0 Å². The molecule has 0 radical (unpaired) electrons. The molecule has 11 heavy (non-hydrogen) atoms. The number of hydrogen-bond acceptors (Lipinski definition) is 3. The highest BCUT2D eigenvalue weighted by molar-refractivity contribution is 4.73. The van der Waals surface area contributed by atoms with Crippen LogP contribution in [0.1, 0.15) is 6.92 Å². The molecule has 1 aliphatic heterocycles. The van der Waals surface area contributed by atoms with Crippen LogP contribution < -0.4 is 0 Å². The van der Waals surface area contributed by atoms with Crippen LogP contribution in [0.2, 0.25) is 0 Å². The summed E-state index contributed by atoms with van der Waals surface area (Å²) < 4.78 is 10.5. The molecule has 0 aromatic carbocycles. The first-order valence-corrected chi connectivity index (χ1v) is 4.05. The first-order chi connectivity index (χ1) is 5.24. The quantitative estimate of drug-likeness (QED) is 0.580. The van der Waals surface area contributed by atoms with Crippen molar-refractivity contribution in [3.63, 3.8) is 0 Å². The molecule has 3 nitrogen and oxygen atoms in total. The van der Waals surface area contributed by atoms with Gasteiger partial charge in [0.1, 0.15) is 0 Å². The van der Waals surface area contributed by atoms with Gasteiger partial charge in [-0.3, -0.25) is 4.90 Å². The summed E-state index contributed by atoms with van der Waals surface area (Å²) in [5, 5.41) is 0. The number of likely N-dealkylation sites (N-methyl/N-ethyl adjacent to an activating group) is 1. The Morgan fingerprint density at radius 3 is 2.91 bits per heavy atom. The Labute approximate surface area is 68.3 Å². The molecule has 1 aliphatic rings. The van der Waals surface area contributed by atoms with Gasteiger partial charge in [0.05, 0.1) is 19.3 Å². The number of morpholine rings is 1. The van der Waals surface area contributed by atoms with Gasteiger partial charge >= 0.3 is 0 Å². The number of nitrogens with zero attached hydrogens (tertiary/aromatic N) is 1. The third kappa shape index (κ3) is 2.43. The zero-order chi connectivity index (χ0) is 8.27. The van der Waals surface area contributed by atoms with Crippen molar-refractivity contribution < 1.29 is 9.47 Å². The molecule has 0 unspecified atom stereocenters. The van der Waals surface area contributed by atoms with Gasteiger partial charge < -0.3 is 9.47 Å². The smallest absolute Gasteiger partial charge is 0.0935 e. The van der Waals surface area contributed by atoms with Crippen LogP contribution in [0.4, 0.5) is 0 Å². The van der Waals surface area contributed by atoms with Crippen LogP contribution in [0.15, 0.2) is 0 Å². The summed E-state index contributed by atoms with van der Waals surface area (Å²) in [7, 11) is 3.83. The Kier molecular flexibility index (Phi) is 3.30. The van der Waals surface area contributed by atoms with E-state index in [4.69, 9.17) is 9.47 Å². The lowest BCUT2D eigenvalue weighted by molar-refractivity contribution is -0.0764. The van der Waals surface area contributed by atoms with Gasteiger partial charge in [-0.05, 0) is 14.0 Å². The molecule has 1 fully saturated rings. The maximum atomic E-state index is 5.53. The van der Waals surface area contributed by atoms with Crippen molar-refractivity contribution in [2.45, 2.75) is 19.1 Å². The molecule has 0 spiro atoms. The Morgan fingerprint density at radius 1 is 1.64 bits per heavy atom. The van der Waals surface area contributed by atoms with Crippen molar-refractivity contribution in [3.8, 4) is 0 Å². The van der Waals surface area contributed by atoms with Crippen molar-refractivity contribution in [1.82, 2.24) is 4.90 Å². The van der Waals surface area contributed by atoms with E-state index in [1.807, 2.05) is 0 Å². The fraction of sp³-hybridized carbons (Fsp3) is 1.00. The first kappa shape index (κ1) is 8.97. The van der Waals surface area contributed by atoms with Crippen LogP contribution in [0, 0.1) is 0 Å². The maximum Gasteiger partial charge on any atom is 0.0935 e. The summed E-state index contributed by atoms with van der Waals surface area (Å²) in [5.74, 6) is 0. The zero-order valence-corrected chi connectivity index (χ0v) is 7.54. The van der Waals surface area contributed by atoms with Crippen LogP contribution in [0.5, 0.6) is 0 Å². The fourth-order valence-corrected chi connectivity index (χ4v) is 1.24. The molecule has 0 aromatic heterocycles. The number of methoxy groups -OCH3 is 1. The maximum absolute atomic E-state index is 5.53. The van der Waals surface area contributed by atoms with Crippen molar-refractivity contribution >= 4 is 0 Å². The minimum atomic E-state index is 0.265. The van der Waals surface area contributed by atoms with Gasteiger partial charge in [0.15, 0.2) is 0 Å². The molecule has 0 amide bonds. The summed E-state index contributed by atoms with van der Waals surface area (Å²) in [4.78, 5) is 2.30. The second-order valence-electron chi connectivity index (χ2n) is 3.20. The van der Waals surface area contributed by atoms with Gasteiger partial charge in [0.25, 0.3) is 0 Å². The standard InChI is InChI=1S/C8H17NO2/c1-7-5-11-8(6-10-3)4-9(7)2/h7-8H,4-6H2,1-3H3/t7-,8-/m1/s1. The lowest BCUT2D eigenvalue weighted by atomic mass is 10.2. The molecule has 1 heterocycles. The molecular formula is C8H17NO2. The Hall–Kier alpha value is -0.120. The van der Waals surface area contributed by atoms with Crippen molar-refractivity contribution in [2.75, 3.05) is 33.9 Å². The van der Waals surface area contributed by atoms with Crippen molar-refractivity contribution in [2.24, 2.45) is 0 Å². The minimum Gasteiger partial charge on any atom is -0.382 e. The SMILES string of the molecule is COC[C@H]1CN(C)[C@H](C)CO1. The lowest BCUT2D eigenvalue weighted by Gasteiger charge is -2.34. The van der Waals surface area contributed by atoms with Gasteiger partial charge in [-0.15, -0.1) is 0 Å². The molecule has 66 valence electrons. The van der Waals surface area contributed by atoms with Gasteiger partial charge in [-0.25, -0.2) is 0 Å². The minimum absolute atomic E-state index is 0.265. The van der Waals surface area contributed by atoms with Crippen LogP contribution in [0.3, 0.4) is 0 Å². The van der Waals surface area contributed by atoms with E-state index in [-0.39, 0.29) is 6.10 Å². The summed E-state index contributed by atoms with van der Waals surface area (Å²) in [6.45, 7) is 4.68. The van der Waals surface area contributed by atoms with E-state index in [0.717, 1.165) is 13.2 Å². The van der Waals surface area contributed by atoms with E-state index in [2.05, 4.69) is 18.9 Å². The number of hydrogen-bond donors (Lipinski definition) is 0. The average Bonchev–Trinajstić information content (AvgIpc) is 1.98. The van der Waals surface area contributed by atoms with Gasteiger partial charge in [-0.2, -0.15) is 0 Å². The molecule has 0 saturated carbocycles. The van der Waals surface area contributed by atoms with Crippen LogP contribution in [-0.4, -0.2) is 51.0 Å². The van der Waals surface area contributed by atoms with Gasteiger partial charge in [-0.1, -0.05) is 0 Å². The van der Waals surface area contributed by atoms with E-state index in [9.17, 15) is 0 Å². The molecule has 0 aliphatic carbocycles. The molecule has 0 aromatic rings. The third-order valence-corrected chi connectivity index (χ3v) is 2.17. The van der Waals surface area contributed by atoms with Gasteiger partial charge in [0.2, 0.25) is 0 Å². The van der Waals surface area contributed by atoms with Crippen LogP contribution in [-0.2, 0) is 9.47 Å². The summed E-state index contributed by atoms with van der Waals surface area (Å²) >= 11 is 0. The predicted molar refractivity (Wildman–Crippen MR) is 43.7 cm³/mol. The largest absolute Gasteiger partial charge is 0.382 e. The second kappa shape index (κ2) is 4.04. The Balaban J connectivity index is 2.28. The second-order valence-corrected chi connectivity index (χ2v) is 3.20. The third-order valence-electron chi connectivity index (χ3n) is 2.17. The number of rotatable bonds is 2. The highest BCUT2D eigenvalue weighted by Gasteiger charge is 2.22. The van der Waals surface area contributed by atoms with Crippen molar-refractivity contribution in [1.29, 1.82) is 0 Å². The van der Waals surface area contributed by atoms with Crippen LogP contribution >= 0.6 is 0 Å². The highest BCUT2D eigenvalue weighted by Crippen LogP contribution is 2.08. The molecule has 3 heteroatoms. The average molecular weight is 159 g/mol. The van der Waals surface area contributed by atoms with Gasteiger partial charge in [0, 0.05) is 19.7 Å². The number of ether oxygens (including phenoxy) is 2. The Bertz CT molecular complexity index is 119. The summed E-state index contributed by atoms with van der Waals surface area (Å²) in [6, 6.07) is 0.545. The molecule has 0 N–H and O–H groups in total. The summed E-state index contributed by atoms with van der Waals surface area (Å²) in [5.41, 5.74) is 0. The molecular weight excluding hydrogens is 142 g/mol. The van der Waals surface area contributed by atoms with E-state index in [1.54, 1.807) is 7.11 Å². The molecule has 2 atom stereocenters. The van der Waals surface area contributed by atoms with E-state index in [1.165, 1.54) is 0 Å². The molecule has 1 saturated heterocycles. The monoisotopic (exact) mass is 159 g/mol. The van der Waals surface area contributed by atoms with E-state index in [0.29, 0.717) is 12.6 Å². The fourth-order valence-electron chi connectivity index (χ4n) is 1.24. The van der Waals surface area contributed by atoms with Crippen LogP contribution in [0.25, 0.3) is 0 Å². The Morgan fingerprint density at radius 2 is 2.36 bits per heavy atom. The summed E-state index contributed by atoms with van der Waals surface area (Å²) in [6.07, 6.45) is 0.265. The predicted octanol–water partition coefficient (Wildman–Crippen LogP) is 0.352. The van der Waals surface area contributed by atoms with E-state index >= 15 is 0 Å². The molecule has 1 rings (SSSR count). The highest BCUT2D eigenvalue weighted by atomic mass is 16.5. The normalized spacial score (nSPS) is 34.1. The van der Waals surface area contributed by atoms with Crippen molar-refractivity contribution in [3.05, 3.63) is 0 Å².